The van der Waals surface area contributed by atoms with E-state index in [0.29, 0.717) is 41.8 Å². The Morgan fingerprint density at radius 2 is 1.26 bits per heavy atom. The van der Waals surface area contributed by atoms with Crippen LogP contribution in [0.25, 0.3) is 0 Å². The van der Waals surface area contributed by atoms with E-state index in [9.17, 15) is 0 Å². The van der Waals surface area contributed by atoms with Gasteiger partial charge in [0.1, 0.15) is 0 Å². The van der Waals surface area contributed by atoms with Crippen LogP contribution in [0.2, 0.25) is 0 Å². The molecule has 136 valence electrons. The average molecular weight is 327 g/mol. The van der Waals surface area contributed by atoms with Crippen LogP contribution in [0, 0.1) is 29.6 Å². The molecular formula is C20H38O3. The molecule has 10 atom stereocenters. The Bertz CT molecular complexity index is 368. The smallest absolute Gasteiger partial charge is 0.161 e. The summed E-state index contributed by atoms with van der Waals surface area (Å²) < 4.78 is 19.2. The van der Waals surface area contributed by atoms with Gasteiger partial charge in [-0.05, 0) is 43.4 Å². The van der Waals surface area contributed by atoms with Gasteiger partial charge in [0.2, 0.25) is 0 Å². The van der Waals surface area contributed by atoms with Crippen LogP contribution in [0.1, 0.15) is 68.2 Å². The molecule has 0 saturated carbocycles. The molecule has 2 fully saturated rings. The fourth-order valence-electron chi connectivity index (χ4n) is 4.35. The molecule has 23 heavy (non-hydrogen) atoms. The molecule has 0 aromatic carbocycles. The van der Waals surface area contributed by atoms with Crippen molar-refractivity contribution in [3.8, 4) is 0 Å². The maximum Gasteiger partial charge on any atom is 0.161 e. The summed E-state index contributed by atoms with van der Waals surface area (Å²) in [6, 6.07) is 0. The van der Waals surface area contributed by atoms with Crippen molar-refractivity contribution in [3.05, 3.63) is 0 Å². The first-order chi connectivity index (χ1) is 10.8. The molecule has 0 aliphatic carbocycles. The van der Waals surface area contributed by atoms with E-state index in [4.69, 9.17) is 14.2 Å². The normalized spacial score (nSPS) is 51.7. The summed E-state index contributed by atoms with van der Waals surface area (Å²) >= 11 is 0. The molecule has 0 N–H and O–H groups in total. The molecule has 2 saturated heterocycles. The summed E-state index contributed by atoms with van der Waals surface area (Å²) in [7, 11) is 0. The van der Waals surface area contributed by atoms with Gasteiger partial charge in [-0.15, -0.1) is 0 Å². The van der Waals surface area contributed by atoms with E-state index in [1.807, 2.05) is 0 Å². The SMILES string of the molecule is CCC1O[C@@H](O[C@@H]2C(CC)O[C@@H](C)C(C)[C@H]2C)C(C)[C@@H](C)[C@@H]1C. The second kappa shape index (κ2) is 7.84. The highest BCUT2D eigenvalue weighted by Crippen LogP contribution is 2.40. The Kier molecular flexibility index (Phi) is 6.55. The topological polar surface area (TPSA) is 27.7 Å². The minimum Gasteiger partial charge on any atom is -0.372 e. The molecule has 4 unspecified atom stereocenters. The highest BCUT2D eigenvalue weighted by molar-refractivity contribution is 4.89. The van der Waals surface area contributed by atoms with Gasteiger partial charge in [-0.3, -0.25) is 0 Å². The van der Waals surface area contributed by atoms with Crippen LogP contribution >= 0.6 is 0 Å². The van der Waals surface area contributed by atoms with Crippen molar-refractivity contribution in [1.29, 1.82) is 0 Å². The minimum atomic E-state index is -0.100. The van der Waals surface area contributed by atoms with Crippen LogP contribution in [0.4, 0.5) is 0 Å². The highest BCUT2D eigenvalue weighted by atomic mass is 16.7. The Morgan fingerprint density at radius 3 is 1.83 bits per heavy atom. The molecule has 0 bridgehead atoms. The van der Waals surface area contributed by atoms with E-state index in [2.05, 4.69) is 55.4 Å². The summed E-state index contributed by atoms with van der Waals surface area (Å²) in [5.41, 5.74) is 0. The quantitative estimate of drug-likeness (QED) is 0.736. The number of rotatable bonds is 4. The maximum atomic E-state index is 6.58. The van der Waals surface area contributed by atoms with Crippen molar-refractivity contribution in [2.75, 3.05) is 0 Å². The second-order valence-electron chi connectivity index (χ2n) is 8.14. The monoisotopic (exact) mass is 326 g/mol. The van der Waals surface area contributed by atoms with E-state index in [0.717, 1.165) is 12.8 Å². The molecule has 0 radical (unpaired) electrons. The standard InChI is InChI=1S/C20H38O3/c1-9-17-13(5)11(3)15(7)20(22-17)23-19-14(6)12(4)16(8)21-18(19)10-2/h11-20H,9-10H2,1-8H3/t11-,12?,13-,14+,15?,16-,17?,18?,19-,20-/m0/s1. The molecular weight excluding hydrogens is 288 g/mol. The largest absolute Gasteiger partial charge is 0.372 e. The van der Waals surface area contributed by atoms with Gasteiger partial charge in [0.05, 0.1) is 24.4 Å². The lowest BCUT2D eigenvalue weighted by molar-refractivity contribution is -0.299. The zero-order valence-electron chi connectivity index (χ0n) is 16.4. The van der Waals surface area contributed by atoms with Crippen LogP contribution in [-0.2, 0) is 14.2 Å². The summed E-state index contributed by atoms with van der Waals surface area (Å²) in [5, 5.41) is 0. The third-order valence-corrected chi connectivity index (χ3v) is 6.92. The fourth-order valence-corrected chi connectivity index (χ4v) is 4.35. The zero-order chi connectivity index (χ0) is 17.3. The first-order valence-electron chi connectivity index (χ1n) is 9.78. The fraction of sp³-hybridized carbons (Fsp3) is 1.00. The third kappa shape index (κ3) is 3.77. The van der Waals surface area contributed by atoms with Crippen molar-refractivity contribution in [3.63, 3.8) is 0 Å². The number of hydrogen-bond acceptors (Lipinski definition) is 3. The van der Waals surface area contributed by atoms with E-state index >= 15 is 0 Å². The lowest BCUT2D eigenvalue weighted by atomic mass is 9.77. The van der Waals surface area contributed by atoms with Gasteiger partial charge in [0.15, 0.2) is 6.29 Å². The minimum absolute atomic E-state index is 0.100. The van der Waals surface area contributed by atoms with Gasteiger partial charge < -0.3 is 14.2 Å². The molecule has 0 aromatic heterocycles. The van der Waals surface area contributed by atoms with E-state index in [1.54, 1.807) is 0 Å². The first-order valence-corrected chi connectivity index (χ1v) is 9.78. The summed E-state index contributed by atoms with van der Waals surface area (Å²) in [4.78, 5) is 0. The van der Waals surface area contributed by atoms with Gasteiger partial charge in [0, 0.05) is 5.92 Å². The van der Waals surface area contributed by atoms with Gasteiger partial charge >= 0.3 is 0 Å². The summed E-state index contributed by atoms with van der Waals surface area (Å²) in [6.07, 6.45) is 2.88. The van der Waals surface area contributed by atoms with Crippen molar-refractivity contribution >= 4 is 0 Å². The number of ether oxygens (including phenoxy) is 3. The summed E-state index contributed by atoms with van der Waals surface area (Å²) in [6.45, 7) is 18.1. The van der Waals surface area contributed by atoms with Crippen LogP contribution < -0.4 is 0 Å². The lowest BCUT2D eigenvalue weighted by Gasteiger charge is -2.48. The lowest BCUT2D eigenvalue weighted by Crippen LogP contribution is -2.54. The van der Waals surface area contributed by atoms with Crippen molar-refractivity contribution < 1.29 is 14.2 Å². The van der Waals surface area contributed by atoms with Crippen LogP contribution in [0.3, 0.4) is 0 Å². The third-order valence-electron chi connectivity index (χ3n) is 6.92. The van der Waals surface area contributed by atoms with Gasteiger partial charge in [-0.2, -0.15) is 0 Å². The molecule has 3 heteroatoms. The average Bonchev–Trinajstić information content (AvgIpc) is 2.55. The van der Waals surface area contributed by atoms with Gasteiger partial charge in [0.25, 0.3) is 0 Å². The van der Waals surface area contributed by atoms with Crippen LogP contribution in [0.5, 0.6) is 0 Å². The highest BCUT2D eigenvalue weighted by Gasteiger charge is 2.45. The van der Waals surface area contributed by atoms with Gasteiger partial charge in [-0.25, -0.2) is 0 Å². The molecule has 0 spiro atoms. The molecule has 2 rings (SSSR count). The molecule has 2 aliphatic rings. The number of hydrogen-bond donors (Lipinski definition) is 0. The molecule has 0 amide bonds. The molecule has 2 heterocycles. The Hall–Kier alpha value is -0.120. The maximum absolute atomic E-state index is 6.58. The molecule has 3 nitrogen and oxygen atoms in total. The predicted octanol–water partition coefficient (Wildman–Crippen LogP) is 4.88. The first kappa shape index (κ1) is 19.2. The van der Waals surface area contributed by atoms with Crippen LogP contribution in [0.15, 0.2) is 0 Å². The van der Waals surface area contributed by atoms with Crippen molar-refractivity contribution in [1.82, 2.24) is 0 Å². The van der Waals surface area contributed by atoms with E-state index in [1.165, 1.54) is 0 Å². The summed E-state index contributed by atoms with van der Waals surface area (Å²) in [5.74, 6) is 2.65. The Balaban J connectivity index is 2.11. The van der Waals surface area contributed by atoms with Crippen molar-refractivity contribution in [2.24, 2.45) is 29.6 Å². The van der Waals surface area contributed by atoms with Gasteiger partial charge in [-0.1, -0.05) is 48.5 Å². The predicted molar refractivity (Wildman–Crippen MR) is 94.3 cm³/mol. The zero-order valence-corrected chi connectivity index (χ0v) is 16.4. The van der Waals surface area contributed by atoms with E-state index in [-0.39, 0.29) is 18.5 Å². The second-order valence-corrected chi connectivity index (χ2v) is 8.14. The Morgan fingerprint density at radius 1 is 0.652 bits per heavy atom. The van der Waals surface area contributed by atoms with Crippen LogP contribution in [-0.4, -0.2) is 30.7 Å². The van der Waals surface area contributed by atoms with E-state index < -0.39 is 0 Å². The Labute approximate surface area is 143 Å². The van der Waals surface area contributed by atoms with Crippen molar-refractivity contribution in [2.45, 2.75) is 98.9 Å². The molecule has 2 aliphatic heterocycles. The molecule has 0 aromatic rings.